The Kier molecular flexibility index (Phi) is 4.87. The number of nitrogens with two attached hydrogens (primary N) is 1. The molecule has 2 fully saturated rings. The molecule has 0 saturated carbocycles. The number of nitrogen functional groups attached to an aromatic ring is 1. The highest BCUT2D eigenvalue weighted by Gasteiger charge is 2.40. The van der Waals surface area contributed by atoms with Gasteiger partial charge in [0.25, 0.3) is 0 Å². The fourth-order valence-corrected chi connectivity index (χ4v) is 3.86. The average Bonchev–Trinajstić information content (AvgIpc) is 2.69. The second-order valence-electron chi connectivity index (χ2n) is 7.04. The van der Waals surface area contributed by atoms with Gasteiger partial charge in [0, 0.05) is 37.4 Å². The molecule has 0 aromatic heterocycles. The molecule has 2 heterocycles. The molecule has 2 unspecified atom stereocenters. The van der Waals surface area contributed by atoms with Crippen molar-refractivity contribution in [3.63, 3.8) is 0 Å². The summed E-state index contributed by atoms with van der Waals surface area (Å²) in [7, 11) is 0. The molecule has 3 rings (SSSR count). The van der Waals surface area contributed by atoms with Crippen molar-refractivity contribution in [1.29, 1.82) is 0 Å². The maximum absolute atomic E-state index is 12.0. The number of fused-ring (bicyclic) bond motifs is 2. The summed E-state index contributed by atoms with van der Waals surface area (Å²) in [5.41, 5.74) is 7.95. The lowest BCUT2D eigenvalue weighted by Gasteiger charge is -2.40. The van der Waals surface area contributed by atoms with Crippen LogP contribution < -0.4 is 5.73 Å². The maximum Gasteiger partial charge on any atom is 0.320 e. The van der Waals surface area contributed by atoms with Crippen molar-refractivity contribution in [2.45, 2.75) is 51.4 Å². The molecule has 23 heavy (non-hydrogen) atoms. The summed E-state index contributed by atoms with van der Waals surface area (Å²) in [6, 6.07) is 9.05. The number of hydrogen-bond acceptors (Lipinski definition) is 5. The Labute approximate surface area is 138 Å². The molecule has 1 aromatic rings. The van der Waals surface area contributed by atoms with E-state index in [4.69, 9.17) is 10.5 Å². The van der Waals surface area contributed by atoms with Gasteiger partial charge in [-0.3, -0.25) is 14.6 Å². The Morgan fingerprint density at radius 2 is 2.00 bits per heavy atom. The highest BCUT2D eigenvalue weighted by molar-refractivity contribution is 5.72. The van der Waals surface area contributed by atoms with Crippen LogP contribution in [-0.2, 0) is 16.1 Å². The highest BCUT2D eigenvalue weighted by Crippen LogP contribution is 2.30. The molecule has 2 N–H and O–H groups in total. The van der Waals surface area contributed by atoms with Crippen LogP contribution in [0.15, 0.2) is 24.3 Å². The van der Waals surface area contributed by atoms with Gasteiger partial charge in [-0.25, -0.2) is 0 Å². The van der Waals surface area contributed by atoms with Crippen LogP contribution in [-0.4, -0.2) is 53.6 Å². The Bertz CT molecular complexity index is 547. The van der Waals surface area contributed by atoms with Gasteiger partial charge in [-0.2, -0.15) is 0 Å². The molecule has 5 nitrogen and oxygen atoms in total. The molecule has 0 radical (unpaired) electrons. The summed E-state index contributed by atoms with van der Waals surface area (Å²) in [5.74, 6) is -0.0961. The van der Waals surface area contributed by atoms with E-state index in [9.17, 15) is 4.79 Å². The number of carbonyl (C=O) groups excluding carboxylic acids is 1. The summed E-state index contributed by atoms with van der Waals surface area (Å²) in [6.45, 7) is 7.19. The lowest BCUT2D eigenvalue weighted by molar-refractivity contribution is -0.150. The van der Waals surface area contributed by atoms with Gasteiger partial charge < -0.3 is 10.5 Å². The van der Waals surface area contributed by atoms with Crippen molar-refractivity contribution in [2.24, 2.45) is 0 Å². The number of piperazine rings is 1. The smallest absolute Gasteiger partial charge is 0.320 e. The summed E-state index contributed by atoms with van der Waals surface area (Å²) in [6.07, 6.45) is 2.31. The number of ether oxygens (including phenoxy) is 1. The summed E-state index contributed by atoms with van der Waals surface area (Å²) in [4.78, 5) is 16.8. The minimum absolute atomic E-state index is 0.0371. The zero-order chi connectivity index (χ0) is 16.4. The standard InChI is InChI=1S/C18H27N3O2/c1-13(2)23-18(22)12-21-16-6-7-17(21)11-20(10-16)9-14-4-3-5-15(19)8-14/h3-5,8,13,16-17H,6-7,9-12,19H2,1-2H3. The van der Waals surface area contributed by atoms with Gasteiger partial charge in [-0.1, -0.05) is 12.1 Å². The number of likely N-dealkylation sites (tertiary alicyclic amines) is 1. The van der Waals surface area contributed by atoms with Crippen molar-refractivity contribution in [2.75, 3.05) is 25.4 Å². The molecule has 2 aliphatic rings. The Morgan fingerprint density at radius 3 is 2.61 bits per heavy atom. The largest absolute Gasteiger partial charge is 0.462 e. The molecule has 2 aliphatic heterocycles. The molecule has 0 spiro atoms. The molecule has 0 aliphatic carbocycles. The number of nitrogens with zero attached hydrogens (tertiary/aromatic N) is 2. The maximum atomic E-state index is 12.0. The van der Waals surface area contributed by atoms with Crippen LogP contribution in [0.5, 0.6) is 0 Å². The Hall–Kier alpha value is -1.59. The van der Waals surface area contributed by atoms with Gasteiger partial charge in [-0.15, -0.1) is 0 Å². The van der Waals surface area contributed by atoms with E-state index in [-0.39, 0.29) is 12.1 Å². The van der Waals surface area contributed by atoms with Gasteiger partial charge in [-0.05, 0) is 44.4 Å². The summed E-state index contributed by atoms with van der Waals surface area (Å²) < 4.78 is 5.30. The molecule has 1 aromatic carbocycles. The zero-order valence-corrected chi connectivity index (χ0v) is 14.1. The SMILES string of the molecule is CC(C)OC(=O)CN1C2CCC1CN(Cc1cccc(N)c1)C2. The number of rotatable bonds is 5. The van der Waals surface area contributed by atoms with Crippen molar-refractivity contribution >= 4 is 11.7 Å². The highest BCUT2D eigenvalue weighted by atomic mass is 16.5. The van der Waals surface area contributed by atoms with E-state index in [1.807, 2.05) is 32.0 Å². The van der Waals surface area contributed by atoms with Gasteiger partial charge in [0.15, 0.2) is 0 Å². The lowest BCUT2D eigenvalue weighted by atomic mass is 10.1. The zero-order valence-electron chi connectivity index (χ0n) is 14.1. The van der Waals surface area contributed by atoms with Crippen molar-refractivity contribution in [3.8, 4) is 0 Å². The first-order valence-corrected chi connectivity index (χ1v) is 8.53. The predicted molar refractivity (Wildman–Crippen MR) is 90.9 cm³/mol. The number of esters is 1. The molecule has 2 saturated heterocycles. The van der Waals surface area contributed by atoms with Crippen LogP contribution in [0.4, 0.5) is 5.69 Å². The third-order valence-electron chi connectivity index (χ3n) is 4.75. The van der Waals surface area contributed by atoms with Crippen LogP contribution in [0.2, 0.25) is 0 Å². The van der Waals surface area contributed by atoms with Gasteiger partial charge >= 0.3 is 5.97 Å². The van der Waals surface area contributed by atoms with Crippen LogP contribution in [0.25, 0.3) is 0 Å². The molecule has 0 amide bonds. The number of carbonyl (C=O) groups is 1. The average molecular weight is 317 g/mol. The van der Waals surface area contributed by atoms with Crippen LogP contribution in [0, 0.1) is 0 Å². The monoisotopic (exact) mass is 317 g/mol. The summed E-state index contributed by atoms with van der Waals surface area (Å²) in [5, 5.41) is 0. The van der Waals surface area contributed by atoms with E-state index in [1.54, 1.807) is 0 Å². The van der Waals surface area contributed by atoms with Crippen molar-refractivity contribution < 1.29 is 9.53 Å². The van der Waals surface area contributed by atoms with Crippen molar-refractivity contribution in [1.82, 2.24) is 9.80 Å². The second-order valence-corrected chi connectivity index (χ2v) is 7.04. The van der Waals surface area contributed by atoms with Gasteiger partial charge in [0.05, 0.1) is 12.6 Å². The quantitative estimate of drug-likeness (QED) is 0.664. The molecule has 2 bridgehead atoms. The van der Waals surface area contributed by atoms with E-state index < -0.39 is 0 Å². The fourth-order valence-electron chi connectivity index (χ4n) is 3.86. The number of hydrogen-bond donors (Lipinski definition) is 1. The third-order valence-corrected chi connectivity index (χ3v) is 4.75. The first-order valence-electron chi connectivity index (χ1n) is 8.53. The lowest BCUT2D eigenvalue weighted by Crippen LogP contribution is -2.54. The van der Waals surface area contributed by atoms with Crippen LogP contribution in [0.1, 0.15) is 32.3 Å². The van der Waals surface area contributed by atoms with E-state index in [2.05, 4.69) is 15.9 Å². The minimum Gasteiger partial charge on any atom is -0.462 e. The Balaban J connectivity index is 1.57. The van der Waals surface area contributed by atoms with E-state index in [0.29, 0.717) is 18.6 Å². The molecule has 126 valence electrons. The second kappa shape index (κ2) is 6.89. The molecule has 2 atom stereocenters. The van der Waals surface area contributed by atoms with E-state index in [1.165, 1.54) is 18.4 Å². The third kappa shape index (κ3) is 4.03. The van der Waals surface area contributed by atoms with Crippen LogP contribution >= 0.6 is 0 Å². The first-order chi connectivity index (χ1) is 11.0. The van der Waals surface area contributed by atoms with E-state index >= 15 is 0 Å². The van der Waals surface area contributed by atoms with Gasteiger partial charge in [0.2, 0.25) is 0 Å². The number of anilines is 1. The van der Waals surface area contributed by atoms with Crippen LogP contribution in [0.3, 0.4) is 0 Å². The number of benzene rings is 1. The minimum atomic E-state index is -0.0961. The normalized spacial score (nSPS) is 25.0. The van der Waals surface area contributed by atoms with Gasteiger partial charge in [0.1, 0.15) is 0 Å². The Morgan fingerprint density at radius 1 is 1.30 bits per heavy atom. The van der Waals surface area contributed by atoms with E-state index in [0.717, 1.165) is 25.3 Å². The molecular formula is C18H27N3O2. The fraction of sp³-hybridized carbons (Fsp3) is 0.611. The summed E-state index contributed by atoms with van der Waals surface area (Å²) >= 11 is 0. The predicted octanol–water partition coefficient (Wildman–Crippen LogP) is 1.87. The molecule has 5 heteroatoms. The first kappa shape index (κ1) is 16.3. The molecular weight excluding hydrogens is 290 g/mol. The topological polar surface area (TPSA) is 58.8 Å². The van der Waals surface area contributed by atoms with Crippen molar-refractivity contribution in [3.05, 3.63) is 29.8 Å².